The SMILES string of the molecule is C[C@@H]1C[C@@H](N)CCN1C(=O)c1cc(=O)[nH]c2c(Br)cccc12. The predicted octanol–water partition coefficient (Wildman–Crippen LogP) is 2.24. The summed E-state index contributed by atoms with van der Waals surface area (Å²) in [5.41, 5.74) is 6.79. The molecule has 116 valence electrons. The largest absolute Gasteiger partial charge is 0.336 e. The highest BCUT2D eigenvalue weighted by Gasteiger charge is 2.28. The van der Waals surface area contributed by atoms with Crippen molar-refractivity contribution in [2.75, 3.05) is 6.54 Å². The molecule has 0 bridgehead atoms. The predicted molar refractivity (Wildman–Crippen MR) is 90.0 cm³/mol. The van der Waals surface area contributed by atoms with Crippen molar-refractivity contribution in [1.82, 2.24) is 9.88 Å². The number of hydrogen-bond acceptors (Lipinski definition) is 3. The minimum atomic E-state index is -0.274. The van der Waals surface area contributed by atoms with Gasteiger partial charge in [0, 0.05) is 34.6 Å². The van der Waals surface area contributed by atoms with Crippen LogP contribution < -0.4 is 11.3 Å². The maximum Gasteiger partial charge on any atom is 0.254 e. The van der Waals surface area contributed by atoms with Gasteiger partial charge in [0.15, 0.2) is 0 Å². The molecular formula is C16H18BrN3O2. The Morgan fingerprint density at radius 3 is 2.95 bits per heavy atom. The lowest BCUT2D eigenvalue weighted by atomic mass is 9.97. The van der Waals surface area contributed by atoms with E-state index in [1.807, 2.05) is 30.0 Å². The van der Waals surface area contributed by atoms with Crippen LogP contribution >= 0.6 is 15.9 Å². The summed E-state index contributed by atoms with van der Waals surface area (Å²) in [5.74, 6) is -0.103. The third-order valence-electron chi connectivity index (χ3n) is 4.24. The summed E-state index contributed by atoms with van der Waals surface area (Å²) in [7, 11) is 0. The summed E-state index contributed by atoms with van der Waals surface area (Å²) in [6, 6.07) is 7.16. The Hall–Kier alpha value is -1.66. The van der Waals surface area contributed by atoms with Crippen LogP contribution in [0.2, 0.25) is 0 Å². The smallest absolute Gasteiger partial charge is 0.254 e. The van der Waals surface area contributed by atoms with Crippen molar-refractivity contribution in [1.29, 1.82) is 0 Å². The van der Waals surface area contributed by atoms with E-state index in [4.69, 9.17) is 5.73 Å². The lowest BCUT2D eigenvalue weighted by Crippen LogP contribution is -2.48. The number of H-pyrrole nitrogens is 1. The van der Waals surface area contributed by atoms with Crippen LogP contribution in [0.5, 0.6) is 0 Å². The normalized spacial score (nSPS) is 22.0. The molecule has 1 aliphatic rings. The molecule has 0 saturated carbocycles. The molecule has 3 rings (SSSR count). The molecule has 0 spiro atoms. The number of aromatic nitrogens is 1. The zero-order valence-electron chi connectivity index (χ0n) is 12.3. The van der Waals surface area contributed by atoms with Crippen LogP contribution in [0.1, 0.15) is 30.1 Å². The second-order valence-electron chi connectivity index (χ2n) is 5.84. The highest BCUT2D eigenvalue weighted by molar-refractivity contribution is 9.10. The summed E-state index contributed by atoms with van der Waals surface area (Å²) in [5, 5.41) is 0.751. The molecule has 5 nitrogen and oxygen atoms in total. The maximum absolute atomic E-state index is 12.9. The molecular weight excluding hydrogens is 346 g/mol. The number of carbonyl (C=O) groups excluding carboxylic acids is 1. The Morgan fingerprint density at radius 2 is 2.23 bits per heavy atom. The van der Waals surface area contributed by atoms with Gasteiger partial charge in [-0.25, -0.2) is 0 Å². The minimum absolute atomic E-state index is 0.0812. The van der Waals surface area contributed by atoms with Crippen LogP contribution in [0.15, 0.2) is 33.5 Å². The van der Waals surface area contributed by atoms with Gasteiger partial charge in [-0.2, -0.15) is 0 Å². The van der Waals surface area contributed by atoms with E-state index in [0.717, 1.165) is 22.7 Å². The first-order valence-electron chi connectivity index (χ1n) is 7.35. The Kier molecular flexibility index (Phi) is 4.06. The van der Waals surface area contributed by atoms with Crippen molar-refractivity contribution in [3.8, 4) is 0 Å². The van der Waals surface area contributed by atoms with Gasteiger partial charge in [-0.1, -0.05) is 12.1 Å². The number of piperidine rings is 1. The average molecular weight is 364 g/mol. The highest BCUT2D eigenvalue weighted by Crippen LogP contribution is 2.26. The number of hydrogen-bond donors (Lipinski definition) is 2. The van der Waals surface area contributed by atoms with E-state index >= 15 is 0 Å². The minimum Gasteiger partial charge on any atom is -0.336 e. The van der Waals surface area contributed by atoms with Crippen LogP contribution in [0.25, 0.3) is 10.9 Å². The lowest BCUT2D eigenvalue weighted by Gasteiger charge is -2.36. The third kappa shape index (κ3) is 2.68. The molecule has 0 aliphatic carbocycles. The number of aromatic amines is 1. The number of nitrogens with zero attached hydrogens (tertiary/aromatic N) is 1. The number of pyridine rings is 1. The van der Waals surface area contributed by atoms with E-state index < -0.39 is 0 Å². The molecule has 1 fully saturated rings. The number of nitrogens with one attached hydrogen (secondary N) is 1. The number of fused-ring (bicyclic) bond motifs is 1. The molecule has 1 aromatic heterocycles. The number of carbonyl (C=O) groups is 1. The van der Waals surface area contributed by atoms with Crippen LogP contribution in [0.4, 0.5) is 0 Å². The van der Waals surface area contributed by atoms with Gasteiger partial charge in [-0.15, -0.1) is 0 Å². The molecule has 6 heteroatoms. The second-order valence-corrected chi connectivity index (χ2v) is 6.70. The summed E-state index contributed by atoms with van der Waals surface area (Å²) in [6.07, 6.45) is 1.58. The summed E-state index contributed by atoms with van der Waals surface area (Å²) < 4.78 is 0.769. The lowest BCUT2D eigenvalue weighted by molar-refractivity contribution is 0.0621. The molecule has 2 heterocycles. The molecule has 1 aliphatic heterocycles. The molecule has 1 aromatic carbocycles. The molecule has 0 radical (unpaired) electrons. The Balaban J connectivity index is 2.08. The highest BCUT2D eigenvalue weighted by atomic mass is 79.9. The van der Waals surface area contributed by atoms with E-state index in [9.17, 15) is 9.59 Å². The van der Waals surface area contributed by atoms with Crippen LogP contribution in [0.3, 0.4) is 0 Å². The van der Waals surface area contributed by atoms with Crippen molar-refractivity contribution in [3.05, 3.63) is 44.7 Å². The van der Waals surface area contributed by atoms with Crippen molar-refractivity contribution in [3.63, 3.8) is 0 Å². The van der Waals surface area contributed by atoms with Gasteiger partial charge in [-0.05, 0) is 41.8 Å². The Bertz CT molecular complexity index is 787. The topological polar surface area (TPSA) is 79.2 Å². The molecule has 0 unspecified atom stereocenters. The van der Waals surface area contributed by atoms with E-state index in [1.165, 1.54) is 6.07 Å². The number of halogens is 1. The summed E-state index contributed by atoms with van der Waals surface area (Å²) in [6.45, 7) is 2.63. The van der Waals surface area contributed by atoms with Gasteiger partial charge < -0.3 is 15.6 Å². The molecule has 2 atom stereocenters. The van der Waals surface area contributed by atoms with E-state index in [2.05, 4.69) is 20.9 Å². The number of benzene rings is 1. The van der Waals surface area contributed by atoms with Crippen molar-refractivity contribution in [2.45, 2.75) is 31.8 Å². The van der Waals surface area contributed by atoms with E-state index in [1.54, 1.807) is 0 Å². The molecule has 1 saturated heterocycles. The first kappa shape index (κ1) is 15.2. The van der Waals surface area contributed by atoms with Crippen LogP contribution in [-0.4, -0.2) is 34.4 Å². The van der Waals surface area contributed by atoms with Crippen LogP contribution in [0, 0.1) is 0 Å². The number of amides is 1. The molecule has 3 N–H and O–H groups in total. The standard InChI is InChI=1S/C16H18BrN3O2/c1-9-7-10(18)5-6-20(9)16(22)12-8-14(21)19-15-11(12)3-2-4-13(15)17/h2-4,8-10H,5-7,18H2,1H3,(H,19,21)/t9-,10+/m1/s1. The van der Waals surface area contributed by atoms with Gasteiger partial charge in [0.2, 0.25) is 5.56 Å². The van der Waals surface area contributed by atoms with Gasteiger partial charge in [0.05, 0.1) is 11.1 Å². The van der Waals surface area contributed by atoms with Crippen molar-refractivity contribution >= 4 is 32.7 Å². The summed E-state index contributed by atoms with van der Waals surface area (Å²) in [4.78, 5) is 29.4. The average Bonchev–Trinajstić information content (AvgIpc) is 2.47. The molecule has 2 aromatic rings. The number of nitrogens with two attached hydrogens (primary N) is 1. The second kappa shape index (κ2) is 5.85. The number of likely N-dealkylation sites (tertiary alicyclic amines) is 1. The third-order valence-corrected chi connectivity index (χ3v) is 4.90. The number of para-hydroxylation sites is 1. The zero-order valence-corrected chi connectivity index (χ0v) is 13.9. The van der Waals surface area contributed by atoms with E-state index in [0.29, 0.717) is 17.6 Å². The Morgan fingerprint density at radius 1 is 1.45 bits per heavy atom. The Labute approximate surface area is 136 Å². The summed E-state index contributed by atoms with van der Waals surface area (Å²) >= 11 is 3.42. The maximum atomic E-state index is 12.9. The van der Waals surface area contributed by atoms with Crippen molar-refractivity contribution < 1.29 is 4.79 Å². The first-order chi connectivity index (χ1) is 10.5. The van der Waals surface area contributed by atoms with Gasteiger partial charge in [0.1, 0.15) is 0 Å². The zero-order chi connectivity index (χ0) is 15.9. The quantitative estimate of drug-likeness (QED) is 0.815. The van der Waals surface area contributed by atoms with Gasteiger partial charge >= 0.3 is 0 Å². The van der Waals surface area contributed by atoms with E-state index in [-0.39, 0.29) is 23.6 Å². The fourth-order valence-electron chi connectivity index (χ4n) is 3.09. The number of rotatable bonds is 1. The van der Waals surface area contributed by atoms with Gasteiger partial charge in [0.25, 0.3) is 5.91 Å². The van der Waals surface area contributed by atoms with Crippen molar-refractivity contribution in [2.24, 2.45) is 5.73 Å². The fraction of sp³-hybridized carbons (Fsp3) is 0.375. The van der Waals surface area contributed by atoms with Gasteiger partial charge in [-0.3, -0.25) is 9.59 Å². The monoisotopic (exact) mass is 363 g/mol. The van der Waals surface area contributed by atoms with Crippen LogP contribution in [-0.2, 0) is 0 Å². The molecule has 22 heavy (non-hydrogen) atoms. The fourth-order valence-corrected chi connectivity index (χ4v) is 3.55. The first-order valence-corrected chi connectivity index (χ1v) is 8.15. The molecule has 1 amide bonds.